The lowest BCUT2D eigenvalue weighted by atomic mass is 10.0. The van der Waals surface area contributed by atoms with Crippen LogP contribution in [0, 0.1) is 5.82 Å². The van der Waals surface area contributed by atoms with Gasteiger partial charge in [0.15, 0.2) is 6.29 Å². The third-order valence-corrected chi connectivity index (χ3v) is 3.40. The minimum Gasteiger partial charge on any atom is -0.341 e. The number of rotatable bonds is 2. The number of hydrogen-bond acceptors (Lipinski definition) is 1. The van der Waals surface area contributed by atoms with E-state index in [2.05, 4.69) is 0 Å². The summed E-state index contributed by atoms with van der Waals surface area (Å²) in [6.45, 7) is 0. The smallest absolute Gasteiger partial charge is 0.167 e. The lowest BCUT2D eigenvalue weighted by Gasteiger charge is -2.02. The first-order valence-electron chi connectivity index (χ1n) is 6.01. The normalized spacial score (nSPS) is 10.8. The Balaban J connectivity index is 2.39. The number of benzene rings is 2. The molecule has 0 atom stereocenters. The Hall–Kier alpha value is -2.42. The van der Waals surface area contributed by atoms with E-state index in [0.29, 0.717) is 5.69 Å². The van der Waals surface area contributed by atoms with Crippen molar-refractivity contribution in [2.45, 2.75) is 0 Å². The number of aryl methyl sites for hydroxylation is 1. The van der Waals surface area contributed by atoms with Crippen LogP contribution in [0.4, 0.5) is 4.39 Å². The van der Waals surface area contributed by atoms with E-state index >= 15 is 0 Å². The van der Waals surface area contributed by atoms with E-state index in [1.165, 1.54) is 12.1 Å². The number of fused-ring (bicyclic) bond motifs is 1. The van der Waals surface area contributed by atoms with Crippen LogP contribution < -0.4 is 0 Å². The van der Waals surface area contributed by atoms with E-state index in [1.807, 2.05) is 35.9 Å². The van der Waals surface area contributed by atoms with Gasteiger partial charge in [-0.3, -0.25) is 4.79 Å². The fourth-order valence-electron chi connectivity index (χ4n) is 2.47. The van der Waals surface area contributed by atoms with Gasteiger partial charge in [0.05, 0.1) is 5.69 Å². The molecule has 3 heteroatoms. The molecule has 2 aromatic carbocycles. The zero-order valence-corrected chi connectivity index (χ0v) is 10.4. The Morgan fingerprint density at radius 2 is 1.74 bits per heavy atom. The summed E-state index contributed by atoms with van der Waals surface area (Å²) in [6, 6.07) is 14.0. The lowest BCUT2D eigenvalue weighted by molar-refractivity contribution is 0.111. The van der Waals surface area contributed by atoms with Crippen molar-refractivity contribution in [3.63, 3.8) is 0 Å². The summed E-state index contributed by atoms with van der Waals surface area (Å²) >= 11 is 0. The largest absolute Gasteiger partial charge is 0.341 e. The summed E-state index contributed by atoms with van der Waals surface area (Å²) in [4.78, 5) is 11.4. The van der Waals surface area contributed by atoms with Crippen LogP contribution in [0.5, 0.6) is 0 Å². The van der Waals surface area contributed by atoms with Gasteiger partial charge < -0.3 is 4.57 Å². The molecule has 0 aliphatic rings. The molecule has 0 aliphatic carbocycles. The minimum absolute atomic E-state index is 0.281. The van der Waals surface area contributed by atoms with E-state index in [1.54, 1.807) is 12.1 Å². The second-order valence-corrected chi connectivity index (χ2v) is 4.46. The van der Waals surface area contributed by atoms with Gasteiger partial charge in [-0.15, -0.1) is 0 Å². The molecule has 0 unspecified atom stereocenters. The van der Waals surface area contributed by atoms with E-state index in [9.17, 15) is 9.18 Å². The Kier molecular flexibility index (Phi) is 2.67. The van der Waals surface area contributed by atoms with Gasteiger partial charge in [-0.25, -0.2) is 4.39 Å². The molecule has 0 fully saturated rings. The van der Waals surface area contributed by atoms with Gasteiger partial charge in [-0.1, -0.05) is 30.3 Å². The highest BCUT2D eigenvalue weighted by molar-refractivity contribution is 6.04. The highest BCUT2D eigenvalue weighted by atomic mass is 19.1. The van der Waals surface area contributed by atoms with Crippen LogP contribution >= 0.6 is 0 Å². The number of aldehydes is 1. The molecule has 1 heterocycles. The van der Waals surface area contributed by atoms with Crippen LogP contribution in [0.3, 0.4) is 0 Å². The van der Waals surface area contributed by atoms with Crippen molar-refractivity contribution in [3.05, 3.63) is 60.0 Å². The van der Waals surface area contributed by atoms with Crippen molar-refractivity contribution in [3.8, 4) is 11.1 Å². The Labute approximate surface area is 110 Å². The first kappa shape index (κ1) is 11.7. The predicted octanol–water partition coefficient (Wildman–Crippen LogP) is 3.80. The number of aromatic nitrogens is 1. The second kappa shape index (κ2) is 4.35. The maximum atomic E-state index is 13.0. The summed E-state index contributed by atoms with van der Waals surface area (Å²) < 4.78 is 14.9. The average Bonchev–Trinajstić information content (AvgIpc) is 2.73. The number of carbonyl (C=O) groups excluding carboxylic acids is 1. The Morgan fingerprint density at radius 1 is 1.05 bits per heavy atom. The highest BCUT2D eigenvalue weighted by Crippen LogP contribution is 2.33. The SMILES string of the molecule is Cn1c(C=O)c(-c2ccc(F)cc2)c2ccccc21. The first-order valence-corrected chi connectivity index (χ1v) is 6.01. The third-order valence-electron chi connectivity index (χ3n) is 3.40. The maximum Gasteiger partial charge on any atom is 0.167 e. The minimum atomic E-state index is -0.281. The number of halogens is 1. The topological polar surface area (TPSA) is 22.0 Å². The highest BCUT2D eigenvalue weighted by Gasteiger charge is 2.15. The number of para-hydroxylation sites is 1. The molecule has 94 valence electrons. The quantitative estimate of drug-likeness (QED) is 0.637. The van der Waals surface area contributed by atoms with Crippen LogP contribution in [-0.2, 0) is 7.05 Å². The van der Waals surface area contributed by atoms with Crippen LogP contribution in [0.1, 0.15) is 10.5 Å². The molecule has 0 radical (unpaired) electrons. The summed E-state index contributed by atoms with van der Waals surface area (Å²) in [5.74, 6) is -0.281. The van der Waals surface area contributed by atoms with Crippen molar-refractivity contribution < 1.29 is 9.18 Å². The van der Waals surface area contributed by atoms with Crippen molar-refractivity contribution in [2.24, 2.45) is 7.05 Å². The Morgan fingerprint density at radius 3 is 2.42 bits per heavy atom. The average molecular weight is 253 g/mol. The van der Waals surface area contributed by atoms with Gasteiger partial charge in [-0.2, -0.15) is 0 Å². The first-order chi connectivity index (χ1) is 9.22. The number of hydrogen-bond donors (Lipinski definition) is 0. The second-order valence-electron chi connectivity index (χ2n) is 4.46. The van der Waals surface area contributed by atoms with Crippen molar-refractivity contribution in [1.82, 2.24) is 4.57 Å². The molecule has 0 aliphatic heterocycles. The molecule has 0 N–H and O–H groups in total. The lowest BCUT2D eigenvalue weighted by Crippen LogP contribution is -1.95. The molecule has 19 heavy (non-hydrogen) atoms. The fourth-order valence-corrected chi connectivity index (χ4v) is 2.47. The molecule has 0 saturated carbocycles. The summed E-state index contributed by atoms with van der Waals surface area (Å²) in [5, 5.41) is 0.999. The predicted molar refractivity (Wildman–Crippen MR) is 73.7 cm³/mol. The van der Waals surface area contributed by atoms with E-state index in [-0.39, 0.29) is 5.82 Å². The molecule has 0 bridgehead atoms. The standard InChI is InChI=1S/C16H12FNO/c1-18-14-5-3-2-4-13(14)16(15(18)10-19)11-6-8-12(17)9-7-11/h2-10H,1H3. The molecule has 0 spiro atoms. The molecule has 2 nitrogen and oxygen atoms in total. The van der Waals surface area contributed by atoms with Crippen molar-refractivity contribution in [2.75, 3.05) is 0 Å². The van der Waals surface area contributed by atoms with Gasteiger partial charge in [0.25, 0.3) is 0 Å². The molecular weight excluding hydrogens is 241 g/mol. The molecule has 1 aromatic heterocycles. The van der Waals surface area contributed by atoms with Crippen molar-refractivity contribution in [1.29, 1.82) is 0 Å². The van der Waals surface area contributed by atoms with Gasteiger partial charge >= 0.3 is 0 Å². The molecule has 0 saturated heterocycles. The summed E-state index contributed by atoms with van der Waals surface area (Å²) in [7, 11) is 1.86. The number of carbonyl (C=O) groups is 1. The summed E-state index contributed by atoms with van der Waals surface area (Å²) in [5.41, 5.74) is 3.30. The third kappa shape index (κ3) is 1.74. The zero-order valence-electron chi connectivity index (χ0n) is 10.4. The van der Waals surface area contributed by atoms with E-state index in [0.717, 1.165) is 28.3 Å². The monoisotopic (exact) mass is 253 g/mol. The summed E-state index contributed by atoms with van der Waals surface area (Å²) in [6.07, 6.45) is 0.846. The van der Waals surface area contributed by atoms with Gasteiger partial charge in [0, 0.05) is 23.5 Å². The van der Waals surface area contributed by atoms with Gasteiger partial charge in [0.2, 0.25) is 0 Å². The fraction of sp³-hybridized carbons (Fsp3) is 0.0625. The molecule has 0 amide bonds. The molecule has 3 rings (SSSR count). The van der Waals surface area contributed by atoms with E-state index < -0.39 is 0 Å². The van der Waals surface area contributed by atoms with E-state index in [4.69, 9.17) is 0 Å². The zero-order chi connectivity index (χ0) is 13.4. The molecule has 3 aromatic rings. The van der Waals surface area contributed by atoms with Crippen LogP contribution in [0.25, 0.3) is 22.0 Å². The van der Waals surface area contributed by atoms with Crippen molar-refractivity contribution >= 4 is 17.2 Å². The van der Waals surface area contributed by atoms with Gasteiger partial charge in [-0.05, 0) is 23.8 Å². The maximum absolute atomic E-state index is 13.0. The van der Waals surface area contributed by atoms with Gasteiger partial charge in [0.1, 0.15) is 5.82 Å². The Bertz CT molecular complexity index is 756. The van der Waals surface area contributed by atoms with Crippen LogP contribution in [0.2, 0.25) is 0 Å². The number of nitrogens with zero attached hydrogens (tertiary/aromatic N) is 1. The van der Waals surface area contributed by atoms with Crippen LogP contribution in [0.15, 0.2) is 48.5 Å². The van der Waals surface area contributed by atoms with Crippen LogP contribution in [-0.4, -0.2) is 10.9 Å². The molecular formula is C16H12FNO.